The van der Waals surface area contributed by atoms with Crippen molar-refractivity contribution in [3.8, 4) is 0 Å². The Balaban J connectivity index is 1.26. The Labute approximate surface area is 158 Å². The van der Waals surface area contributed by atoms with Crippen molar-refractivity contribution in [2.24, 2.45) is 35.5 Å². The average molecular weight is 364 g/mol. The first-order chi connectivity index (χ1) is 13.0. The number of hydrogen-bond donors (Lipinski definition) is 1. The molecule has 6 atom stereocenters. The Hall–Kier alpha value is -2.43. The lowest BCUT2D eigenvalue weighted by molar-refractivity contribution is -0.140. The summed E-state index contributed by atoms with van der Waals surface area (Å²) in [6.45, 7) is 4.15. The smallest absolute Gasteiger partial charge is 0.233 e. The molecule has 27 heavy (non-hydrogen) atoms. The summed E-state index contributed by atoms with van der Waals surface area (Å²) in [6.07, 6.45) is 5.64. The number of amides is 3. The maximum Gasteiger partial charge on any atom is 0.233 e. The predicted molar refractivity (Wildman–Crippen MR) is 101 cm³/mol. The van der Waals surface area contributed by atoms with E-state index in [1.54, 1.807) is 0 Å². The first-order valence-corrected chi connectivity index (χ1v) is 9.87. The molecule has 1 heterocycles. The zero-order valence-electron chi connectivity index (χ0n) is 15.6. The van der Waals surface area contributed by atoms with Gasteiger partial charge in [-0.15, -0.1) is 0 Å². The zero-order chi connectivity index (χ0) is 18.9. The molecule has 2 saturated carbocycles. The minimum Gasteiger partial charge on any atom is -0.326 e. The minimum atomic E-state index is -0.182. The van der Waals surface area contributed by atoms with Crippen LogP contribution in [-0.4, -0.2) is 29.2 Å². The van der Waals surface area contributed by atoms with Gasteiger partial charge in [0.15, 0.2) is 0 Å². The van der Waals surface area contributed by atoms with E-state index < -0.39 is 0 Å². The van der Waals surface area contributed by atoms with E-state index in [0.717, 1.165) is 23.2 Å². The van der Waals surface area contributed by atoms with Gasteiger partial charge in [-0.05, 0) is 61.1 Å². The van der Waals surface area contributed by atoms with Crippen LogP contribution < -0.4 is 5.32 Å². The van der Waals surface area contributed by atoms with Gasteiger partial charge in [0.2, 0.25) is 17.7 Å². The highest BCUT2D eigenvalue weighted by Gasteiger charge is 2.66. The van der Waals surface area contributed by atoms with E-state index in [2.05, 4.69) is 17.5 Å². The van der Waals surface area contributed by atoms with Crippen molar-refractivity contribution in [2.45, 2.75) is 26.7 Å². The lowest BCUT2D eigenvalue weighted by Gasteiger charge is -2.37. The van der Waals surface area contributed by atoms with Crippen LogP contribution in [0, 0.1) is 49.4 Å². The molecule has 140 valence electrons. The highest BCUT2D eigenvalue weighted by atomic mass is 16.2. The molecule has 0 radical (unpaired) electrons. The largest absolute Gasteiger partial charge is 0.326 e. The van der Waals surface area contributed by atoms with E-state index in [9.17, 15) is 14.4 Å². The molecule has 5 nitrogen and oxygen atoms in total. The molecule has 1 saturated heterocycles. The molecular formula is C22H24N2O3. The first-order valence-electron chi connectivity index (χ1n) is 9.87. The van der Waals surface area contributed by atoms with E-state index in [0.29, 0.717) is 11.8 Å². The molecule has 5 heteroatoms. The van der Waals surface area contributed by atoms with Crippen molar-refractivity contribution in [1.82, 2.24) is 4.90 Å². The number of aryl methyl sites for hydroxylation is 1. The Bertz CT molecular complexity index is 854. The summed E-state index contributed by atoms with van der Waals surface area (Å²) in [5.41, 5.74) is 2.94. The van der Waals surface area contributed by atoms with Crippen LogP contribution in [0.25, 0.3) is 0 Å². The molecular weight excluding hydrogens is 340 g/mol. The number of carbonyl (C=O) groups is 3. The Morgan fingerprint density at radius 2 is 1.70 bits per heavy atom. The highest BCUT2D eigenvalue weighted by Crippen LogP contribution is 2.65. The van der Waals surface area contributed by atoms with Crippen LogP contribution in [0.15, 0.2) is 30.4 Å². The fourth-order valence-electron chi connectivity index (χ4n) is 5.55. The van der Waals surface area contributed by atoms with Crippen molar-refractivity contribution in [3.05, 3.63) is 41.5 Å². The number of imide groups is 1. The monoisotopic (exact) mass is 364 g/mol. The maximum absolute atomic E-state index is 12.9. The lowest BCUT2D eigenvalue weighted by atomic mass is 9.63. The van der Waals surface area contributed by atoms with E-state index in [1.165, 1.54) is 4.90 Å². The van der Waals surface area contributed by atoms with Gasteiger partial charge >= 0.3 is 0 Å². The van der Waals surface area contributed by atoms with E-state index in [-0.39, 0.29) is 54.4 Å². The number of nitrogens with one attached hydrogen (secondary N) is 1. The number of likely N-dealkylation sites (tertiary alicyclic amines) is 1. The fourth-order valence-corrected chi connectivity index (χ4v) is 5.55. The highest BCUT2D eigenvalue weighted by molar-refractivity contribution is 6.06. The van der Waals surface area contributed by atoms with Gasteiger partial charge in [-0.3, -0.25) is 19.3 Å². The van der Waals surface area contributed by atoms with Gasteiger partial charge in [-0.25, -0.2) is 0 Å². The lowest BCUT2D eigenvalue weighted by Crippen LogP contribution is -2.40. The Morgan fingerprint density at radius 1 is 1.07 bits per heavy atom. The third-order valence-electron chi connectivity index (χ3n) is 7.20. The second-order valence-corrected chi connectivity index (χ2v) is 8.53. The van der Waals surface area contributed by atoms with Gasteiger partial charge in [-0.2, -0.15) is 0 Å². The van der Waals surface area contributed by atoms with Crippen molar-refractivity contribution in [1.29, 1.82) is 0 Å². The molecule has 0 aromatic heterocycles. The van der Waals surface area contributed by atoms with Gasteiger partial charge in [0.25, 0.3) is 0 Å². The molecule has 0 unspecified atom stereocenters. The number of carbonyl (C=O) groups excluding carboxylic acids is 3. The first kappa shape index (κ1) is 16.7. The SMILES string of the molecule is Cc1cccc(NC(=O)CCN2C(=O)[C@@H]3[C@H]4C=C[C@@H]([C@@H]5C[C@@H]45)[C@H]3C2=O)c1C. The van der Waals surface area contributed by atoms with E-state index in [4.69, 9.17) is 0 Å². The third-order valence-corrected chi connectivity index (χ3v) is 7.20. The van der Waals surface area contributed by atoms with Gasteiger partial charge in [0.05, 0.1) is 11.8 Å². The molecule has 3 fully saturated rings. The number of anilines is 1. The average Bonchev–Trinajstić information content (AvgIpc) is 3.43. The van der Waals surface area contributed by atoms with Crippen molar-refractivity contribution in [2.75, 3.05) is 11.9 Å². The molecule has 3 amide bonds. The van der Waals surface area contributed by atoms with Gasteiger partial charge in [-0.1, -0.05) is 24.3 Å². The van der Waals surface area contributed by atoms with Gasteiger partial charge < -0.3 is 5.32 Å². The fraction of sp³-hybridized carbons (Fsp3) is 0.500. The second kappa shape index (κ2) is 5.78. The number of rotatable bonds is 4. The summed E-state index contributed by atoms with van der Waals surface area (Å²) >= 11 is 0. The molecule has 1 aliphatic heterocycles. The van der Waals surface area contributed by atoms with Crippen molar-refractivity contribution in [3.63, 3.8) is 0 Å². The number of allylic oxidation sites excluding steroid dienone is 2. The minimum absolute atomic E-state index is 0.0609. The van der Waals surface area contributed by atoms with Gasteiger partial charge in [0.1, 0.15) is 0 Å². The molecule has 0 spiro atoms. The molecule has 5 aliphatic rings. The molecule has 1 aromatic rings. The Kier molecular flexibility index (Phi) is 3.58. The Morgan fingerprint density at radius 3 is 2.33 bits per heavy atom. The summed E-state index contributed by atoms with van der Waals surface area (Å²) < 4.78 is 0. The maximum atomic E-state index is 12.9. The van der Waals surface area contributed by atoms with Crippen LogP contribution in [0.2, 0.25) is 0 Å². The van der Waals surface area contributed by atoms with Crippen molar-refractivity contribution >= 4 is 23.4 Å². The van der Waals surface area contributed by atoms with Crippen LogP contribution in [-0.2, 0) is 14.4 Å². The van der Waals surface area contributed by atoms with Crippen LogP contribution in [0.1, 0.15) is 24.0 Å². The number of nitrogens with zero attached hydrogens (tertiary/aromatic N) is 1. The molecule has 6 rings (SSSR count). The summed E-state index contributed by atoms with van der Waals surface area (Å²) in [4.78, 5) is 39.6. The van der Waals surface area contributed by atoms with Crippen LogP contribution in [0.5, 0.6) is 0 Å². The topological polar surface area (TPSA) is 66.5 Å². The van der Waals surface area contributed by atoms with Crippen LogP contribution in [0.3, 0.4) is 0 Å². The van der Waals surface area contributed by atoms with E-state index in [1.807, 2.05) is 32.0 Å². The quantitative estimate of drug-likeness (QED) is 0.660. The molecule has 1 aromatic carbocycles. The summed E-state index contributed by atoms with van der Waals surface area (Å²) in [5.74, 6) is 1.02. The third kappa shape index (κ3) is 2.40. The van der Waals surface area contributed by atoms with Gasteiger partial charge in [0, 0.05) is 18.7 Å². The van der Waals surface area contributed by atoms with Crippen molar-refractivity contribution < 1.29 is 14.4 Å². The normalized spacial score (nSPS) is 35.3. The predicted octanol–water partition coefficient (Wildman–Crippen LogP) is 2.69. The second-order valence-electron chi connectivity index (χ2n) is 8.53. The zero-order valence-corrected chi connectivity index (χ0v) is 15.6. The summed E-state index contributed by atoms with van der Waals surface area (Å²) in [6, 6.07) is 5.78. The number of benzene rings is 1. The standard InChI is InChI=1S/C22H24N2O3/c1-11-4-3-5-17(12(11)2)23-18(25)8-9-24-21(26)19-13-6-7-14(16-10-15(13)16)20(19)22(24)27/h3-7,13-16,19-20H,8-10H2,1-2H3,(H,23,25)/t13-,14-,15-,16-,19+,20+/m0/s1. The molecule has 4 aliphatic carbocycles. The molecule has 1 N–H and O–H groups in total. The van der Waals surface area contributed by atoms with Crippen LogP contribution in [0.4, 0.5) is 5.69 Å². The summed E-state index contributed by atoms with van der Waals surface area (Å²) in [7, 11) is 0. The van der Waals surface area contributed by atoms with Crippen LogP contribution >= 0.6 is 0 Å². The van der Waals surface area contributed by atoms with E-state index >= 15 is 0 Å². The summed E-state index contributed by atoms with van der Waals surface area (Å²) in [5, 5.41) is 2.91. The number of hydrogen-bond acceptors (Lipinski definition) is 3. The molecule has 2 bridgehead atoms.